The normalized spacial score (nSPS) is 20.6. The van der Waals surface area contributed by atoms with Crippen LogP contribution in [0.5, 0.6) is 0 Å². The standard InChI is InChI=1S/C11H12Br2N2O/c1-14-9-4-5-15(11(9)16)10-6-7(12)2-3-8(10)13/h2-3,6,9,14H,4-5H2,1H3. The van der Waals surface area contributed by atoms with Gasteiger partial charge in [0.25, 0.3) is 0 Å². The molecule has 1 atom stereocenters. The van der Waals surface area contributed by atoms with Crippen molar-refractivity contribution in [3.8, 4) is 0 Å². The van der Waals surface area contributed by atoms with E-state index in [-0.39, 0.29) is 11.9 Å². The second-order valence-corrected chi connectivity index (χ2v) is 5.49. The van der Waals surface area contributed by atoms with Crippen molar-refractivity contribution in [2.24, 2.45) is 0 Å². The van der Waals surface area contributed by atoms with E-state index in [9.17, 15) is 4.79 Å². The smallest absolute Gasteiger partial charge is 0.244 e. The fraction of sp³-hybridized carbons (Fsp3) is 0.364. The van der Waals surface area contributed by atoms with Crippen molar-refractivity contribution in [2.45, 2.75) is 12.5 Å². The minimum Gasteiger partial charge on any atom is -0.310 e. The van der Waals surface area contributed by atoms with E-state index in [2.05, 4.69) is 37.2 Å². The summed E-state index contributed by atoms with van der Waals surface area (Å²) in [5, 5.41) is 3.03. The van der Waals surface area contributed by atoms with Gasteiger partial charge in [-0.05, 0) is 47.6 Å². The van der Waals surface area contributed by atoms with Crippen molar-refractivity contribution in [3.05, 3.63) is 27.1 Å². The Morgan fingerprint density at radius 2 is 2.19 bits per heavy atom. The van der Waals surface area contributed by atoms with Crippen LogP contribution in [0.2, 0.25) is 0 Å². The summed E-state index contributed by atoms with van der Waals surface area (Å²) in [6.45, 7) is 0.763. The molecule has 1 saturated heterocycles. The number of hydrogen-bond acceptors (Lipinski definition) is 2. The topological polar surface area (TPSA) is 32.3 Å². The summed E-state index contributed by atoms with van der Waals surface area (Å²) in [5.41, 5.74) is 0.928. The summed E-state index contributed by atoms with van der Waals surface area (Å²) in [6.07, 6.45) is 0.855. The highest BCUT2D eigenvalue weighted by atomic mass is 79.9. The first-order chi connectivity index (χ1) is 7.63. The number of carbonyl (C=O) groups is 1. The number of carbonyl (C=O) groups excluding carboxylic acids is 1. The lowest BCUT2D eigenvalue weighted by molar-refractivity contribution is -0.118. The number of rotatable bonds is 2. The van der Waals surface area contributed by atoms with E-state index in [0.717, 1.165) is 27.6 Å². The maximum absolute atomic E-state index is 12.0. The maximum Gasteiger partial charge on any atom is 0.244 e. The summed E-state index contributed by atoms with van der Waals surface area (Å²) in [4.78, 5) is 13.8. The third-order valence-electron chi connectivity index (χ3n) is 2.75. The van der Waals surface area contributed by atoms with E-state index < -0.39 is 0 Å². The van der Waals surface area contributed by atoms with Crippen LogP contribution in [0.4, 0.5) is 5.69 Å². The highest BCUT2D eigenvalue weighted by molar-refractivity contribution is 9.11. The maximum atomic E-state index is 12.0. The van der Waals surface area contributed by atoms with Crippen LogP contribution in [0.3, 0.4) is 0 Å². The third-order valence-corrected chi connectivity index (χ3v) is 3.92. The molecule has 0 aromatic heterocycles. The number of nitrogens with one attached hydrogen (secondary N) is 1. The molecule has 5 heteroatoms. The molecule has 1 N–H and O–H groups in total. The van der Waals surface area contributed by atoms with Crippen molar-refractivity contribution < 1.29 is 4.79 Å². The molecule has 1 aliphatic rings. The first-order valence-corrected chi connectivity index (χ1v) is 6.66. The molecule has 1 aliphatic heterocycles. The Labute approximate surface area is 111 Å². The highest BCUT2D eigenvalue weighted by Gasteiger charge is 2.32. The Hall–Kier alpha value is -0.390. The second-order valence-electron chi connectivity index (χ2n) is 3.72. The van der Waals surface area contributed by atoms with Crippen LogP contribution in [0.1, 0.15) is 6.42 Å². The van der Waals surface area contributed by atoms with Gasteiger partial charge in [-0.3, -0.25) is 4.79 Å². The van der Waals surface area contributed by atoms with Crippen LogP contribution in [0.25, 0.3) is 0 Å². The van der Waals surface area contributed by atoms with Crippen molar-refractivity contribution in [1.29, 1.82) is 0 Å². The third kappa shape index (κ3) is 2.17. The molecule has 0 saturated carbocycles. The van der Waals surface area contributed by atoms with Gasteiger partial charge in [0.05, 0.1) is 11.7 Å². The summed E-state index contributed by atoms with van der Waals surface area (Å²) in [7, 11) is 1.82. The fourth-order valence-electron chi connectivity index (χ4n) is 1.88. The fourth-order valence-corrected chi connectivity index (χ4v) is 2.69. The van der Waals surface area contributed by atoms with E-state index in [4.69, 9.17) is 0 Å². The molecule has 3 nitrogen and oxygen atoms in total. The second kappa shape index (κ2) is 4.85. The predicted molar refractivity (Wildman–Crippen MR) is 71.7 cm³/mol. The number of hydrogen-bond donors (Lipinski definition) is 1. The molecule has 1 unspecified atom stereocenters. The Bertz CT molecular complexity index is 422. The Morgan fingerprint density at radius 1 is 1.44 bits per heavy atom. The van der Waals surface area contributed by atoms with Gasteiger partial charge in [-0.15, -0.1) is 0 Å². The largest absolute Gasteiger partial charge is 0.310 e. The minimum atomic E-state index is -0.0501. The van der Waals surface area contributed by atoms with E-state index in [1.807, 2.05) is 30.1 Å². The first-order valence-electron chi connectivity index (χ1n) is 5.07. The molecule has 2 rings (SSSR count). The van der Waals surface area contributed by atoms with Crippen molar-refractivity contribution in [1.82, 2.24) is 5.32 Å². The Kier molecular flexibility index (Phi) is 3.66. The number of amides is 1. The molecule has 0 radical (unpaired) electrons. The number of halogens is 2. The van der Waals surface area contributed by atoms with Crippen molar-refractivity contribution in [3.63, 3.8) is 0 Å². The molecular formula is C11H12Br2N2O. The van der Waals surface area contributed by atoms with Crippen LogP contribution in [0.15, 0.2) is 27.1 Å². The highest BCUT2D eigenvalue weighted by Crippen LogP contribution is 2.32. The lowest BCUT2D eigenvalue weighted by Crippen LogP contribution is -2.36. The summed E-state index contributed by atoms with van der Waals surface area (Å²) >= 11 is 6.90. The van der Waals surface area contributed by atoms with Gasteiger partial charge < -0.3 is 10.2 Å². The van der Waals surface area contributed by atoms with E-state index in [1.54, 1.807) is 0 Å². The molecule has 1 heterocycles. The minimum absolute atomic E-state index is 0.0501. The van der Waals surface area contributed by atoms with Gasteiger partial charge in [0.15, 0.2) is 0 Å². The van der Waals surface area contributed by atoms with E-state index in [1.165, 1.54) is 0 Å². The monoisotopic (exact) mass is 346 g/mol. The number of benzene rings is 1. The van der Waals surface area contributed by atoms with Crippen LogP contribution >= 0.6 is 31.9 Å². The zero-order valence-electron chi connectivity index (χ0n) is 8.84. The molecule has 86 valence electrons. The summed E-state index contributed by atoms with van der Waals surface area (Å²) < 4.78 is 1.92. The summed E-state index contributed by atoms with van der Waals surface area (Å²) in [6, 6.07) is 5.80. The number of nitrogens with zero attached hydrogens (tertiary/aromatic N) is 1. The average molecular weight is 348 g/mol. The lowest BCUT2D eigenvalue weighted by atomic mass is 10.2. The lowest BCUT2D eigenvalue weighted by Gasteiger charge is -2.18. The first kappa shape index (κ1) is 12.1. The van der Waals surface area contributed by atoms with Gasteiger partial charge >= 0.3 is 0 Å². The molecule has 1 amide bonds. The number of likely N-dealkylation sites (N-methyl/N-ethyl adjacent to an activating group) is 1. The molecule has 1 aromatic carbocycles. The van der Waals surface area contributed by atoms with Gasteiger partial charge in [0.2, 0.25) is 5.91 Å². The zero-order chi connectivity index (χ0) is 11.7. The molecule has 0 aliphatic carbocycles. The van der Waals surface area contributed by atoms with Crippen LogP contribution in [0, 0.1) is 0 Å². The molecule has 16 heavy (non-hydrogen) atoms. The van der Waals surface area contributed by atoms with E-state index in [0.29, 0.717) is 0 Å². The average Bonchev–Trinajstić information content (AvgIpc) is 2.63. The molecule has 1 fully saturated rings. The van der Waals surface area contributed by atoms with Gasteiger partial charge in [-0.25, -0.2) is 0 Å². The van der Waals surface area contributed by atoms with Crippen LogP contribution in [-0.4, -0.2) is 25.5 Å². The molecular weight excluding hydrogens is 336 g/mol. The molecule has 0 bridgehead atoms. The van der Waals surface area contributed by atoms with Crippen LogP contribution < -0.4 is 10.2 Å². The Balaban J connectivity index is 2.32. The quantitative estimate of drug-likeness (QED) is 0.891. The molecule has 1 aromatic rings. The zero-order valence-corrected chi connectivity index (χ0v) is 12.0. The summed E-state index contributed by atoms with van der Waals surface area (Å²) in [5.74, 6) is 0.140. The van der Waals surface area contributed by atoms with Crippen molar-refractivity contribution >= 4 is 43.5 Å². The molecule has 0 spiro atoms. The van der Waals surface area contributed by atoms with Gasteiger partial charge in [-0.2, -0.15) is 0 Å². The number of anilines is 1. The SMILES string of the molecule is CNC1CCN(c2cc(Br)ccc2Br)C1=O. The van der Waals surface area contributed by atoms with Gasteiger partial charge in [0, 0.05) is 15.5 Å². The Morgan fingerprint density at radius 3 is 2.81 bits per heavy atom. The predicted octanol–water partition coefficient (Wildman–Crippen LogP) is 2.54. The van der Waals surface area contributed by atoms with E-state index >= 15 is 0 Å². The van der Waals surface area contributed by atoms with Crippen LogP contribution in [-0.2, 0) is 4.79 Å². The van der Waals surface area contributed by atoms with Crippen molar-refractivity contribution in [2.75, 3.05) is 18.5 Å². The van der Waals surface area contributed by atoms with Gasteiger partial charge in [0.1, 0.15) is 0 Å². The van der Waals surface area contributed by atoms with Gasteiger partial charge in [-0.1, -0.05) is 15.9 Å².